The number of halogens is 4. The van der Waals surface area contributed by atoms with E-state index in [1.807, 2.05) is 6.07 Å². The number of alkyl halides is 3. The molecule has 2 aliphatic rings. The van der Waals surface area contributed by atoms with E-state index in [9.17, 15) is 18.0 Å². The second-order valence-corrected chi connectivity index (χ2v) is 6.48. The fourth-order valence-corrected chi connectivity index (χ4v) is 2.91. The first-order valence-corrected chi connectivity index (χ1v) is 8.91. The maximum atomic E-state index is 13.0. The largest absolute Gasteiger partial charge is 0.489 e. The summed E-state index contributed by atoms with van der Waals surface area (Å²) in [5, 5.41) is 3.16. The third kappa shape index (κ3) is 4.98. The summed E-state index contributed by atoms with van der Waals surface area (Å²) in [5.74, 6) is -0.116. The molecule has 2 aromatic rings. The summed E-state index contributed by atoms with van der Waals surface area (Å²) in [6.45, 7) is 0.492. The van der Waals surface area contributed by atoms with Gasteiger partial charge in [-0.3, -0.25) is 4.79 Å². The van der Waals surface area contributed by atoms with Gasteiger partial charge in [0.05, 0.1) is 16.1 Å². The van der Waals surface area contributed by atoms with Crippen molar-refractivity contribution >= 4 is 17.5 Å². The number of carbonyl (C=O) groups excluding carboxylic acids is 1. The molecule has 4 rings (SSSR count). The van der Waals surface area contributed by atoms with E-state index in [0.29, 0.717) is 17.2 Å². The predicted octanol–water partition coefficient (Wildman–Crippen LogP) is 4.66. The Balaban J connectivity index is 1.87. The van der Waals surface area contributed by atoms with Crippen molar-refractivity contribution in [3.8, 4) is 11.5 Å². The molecular weight excluding hydrogens is 395 g/mol. The summed E-state index contributed by atoms with van der Waals surface area (Å²) in [6, 6.07) is 8.17. The first kappa shape index (κ1) is 20.1. The van der Waals surface area contributed by atoms with Crippen LogP contribution in [0.1, 0.15) is 21.5 Å². The molecule has 0 spiro atoms. The van der Waals surface area contributed by atoms with E-state index < -0.39 is 17.6 Å². The van der Waals surface area contributed by atoms with E-state index in [2.05, 4.69) is 5.32 Å². The zero-order chi connectivity index (χ0) is 20.1. The van der Waals surface area contributed by atoms with Crippen molar-refractivity contribution in [1.82, 2.24) is 5.32 Å². The number of hydrogen-bond donors (Lipinski definition) is 1. The number of fused-ring (bicyclic) bond motifs is 9. The molecule has 0 saturated carbocycles. The van der Waals surface area contributed by atoms with Gasteiger partial charge >= 0.3 is 6.18 Å². The van der Waals surface area contributed by atoms with Gasteiger partial charge < -0.3 is 14.8 Å². The summed E-state index contributed by atoms with van der Waals surface area (Å²) in [6.07, 6.45) is -0.777. The van der Waals surface area contributed by atoms with Crippen molar-refractivity contribution in [2.75, 3.05) is 19.8 Å². The van der Waals surface area contributed by atoms with Gasteiger partial charge in [0.25, 0.3) is 5.91 Å². The van der Waals surface area contributed by atoms with E-state index in [1.54, 1.807) is 24.3 Å². The van der Waals surface area contributed by atoms with Crippen LogP contribution in [0.3, 0.4) is 0 Å². The monoisotopic (exact) mass is 411 g/mol. The van der Waals surface area contributed by atoms with Gasteiger partial charge in [-0.15, -0.1) is 0 Å². The van der Waals surface area contributed by atoms with Crippen LogP contribution in [0.4, 0.5) is 13.2 Å². The molecule has 1 amide bonds. The van der Waals surface area contributed by atoms with Crippen molar-refractivity contribution in [2.24, 2.45) is 0 Å². The molecule has 2 heterocycles. The SMILES string of the molecule is O=C1NCCc2ccc(c(Cl)c2)OC/C=C/COc2cc(C(F)(F)F)ccc21. The summed E-state index contributed by atoms with van der Waals surface area (Å²) in [5.41, 5.74) is 0.0530. The molecule has 28 heavy (non-hydrogen) atoms. The topological polar surface area (TPSA) is 47.6 Å². The molecular formula is C20H17ClF3NO3. The normalized spacial score (nSPS) is 16.5. The Bertz CT molecular complexity index is 897. The highest BCUT2D eigenvalue weighted by molar-refractivity contribution is 6.32. The van der Waals surface area contributed by atoms with Crippen LogP contribution in [-0.2, 0) is 12.6 Å². The fraction of sp³-hybridized carbons (Fsp3) is 0.250. The first-order chi connectivity index (χ1) is 13.3. The molecule has 0 fully saturated rings. The Labute approximate surface area is 164 Å². The van der Waals surface area contributed by atoms with Crippen LogP contribution in [0.25, 0.3) is 0 Å². The number of benzene rings is 2. The average Bonchev–Trinajstić information content (AvgIpc) is 2.64. The second kappa shape index (κ2) is 8.56. The summed E-state index contributed by atoms with van der Waals surface area (Å²) < 4.78 is 49.9. The highest BCUT2D eigenvalue weighted by Crippen LogP contribution is 2.33. The average molecular weight is 412 g/mol. The van der Waals surface area contributed by atoms with Crippen LogP contribution in [0, 0.1) is 0 Å². The third-order valence-corrected chi connectivity index (χ3v) is 4.38. The highest BCUT2D eigenvalue weighted by Gasteiger charge is 2.32. The lowest BCUT2D eigenvalue weighted by Crippen LogP contribution is -2.26. The van der Waals surface area contributed by atoms with Crippen LogP contribution < -0.4 is 14.8 Å². The molecule has 0 saturated heterocycles. The van der Waals surface area contributed by atoms with Gasteiger partial charge in [-0.1, -0.05) is 17.7 Å². The van der Waals surface area contributed by atoms with Gasteiger partial charge in [-0.2, -0.15) is 13.2 Å². The van der Waals surface area contributed by atoms with E-state index in [-0.39, 0.29) is 31.1 Å². The van der Waals surface area contributed by atoms with Crippen LogP contribution in [0.2, 0.25) is 5.02 Å². The minimum atomic E-state index is -4.53. The zero-order valence-electron chi connectivity index (χ0n) is 14.7. The van der Waals surface area contributed by atoms with E-state index >= 15 is 0 Å². The Morgan fingerprint density at radius 3 is 2.36 bits per heavy atom. The lowest BCUT2D eigenvalue weighted by molar-refractivity contribution is -0.137. The standard InChI is InChI=1S/C20H17ClF3NO3/c21-16-11-13-3-6-17(16)27-9-1-2-10-28-18-12-14(20(22,23)24)4-5-15(18)19(26)25-8-7-13/h1-6,11-12H,7-10H2,(H,25,26)/b2-1+. The van der Waals surface area contributed by atoms with E-state index in [0.717, 1.165) is 23.8 Å². The third-order valence-electron chi connectivity index (χ3n) is 4.09. The lowest BCUT2D eigenvalue weighted by atomic mass is 10.1. The van der Waals surface area contributed by atoms with Crippen LogP contribution in [0.15, 0.2) is 48.6 Å². The van der Waals surface area contributed by atoms with Gasteiger partial charge in [0.2, 0.25) is 0 Å². The van der Waals surface area contributed by atoms with Gasteiger partial charge in [0.15, 0.2) is 0 Å². The molecule has 0 radical (unpaired) electrons. The molecule has 0 atom stereocenters. The minimum Gasteiger partial charge on any atom is -0.489 e. The lowest BCUT2D eigenvalue weighted by Gasteiger charge is -2.14. The number of carbonyl (C=O) groups is 1. The molecule has 2 aromatic carbocycles. The molecule has 1 N–H and O–H groups in total. The Kier molecular flexibility index (Phi) is 6.14. The maximum absolute atomic E-state index is 13.0. The van der Waals surface area contributed by atoms with Crippen molar-refractivity contribution in [2.45, 2.75) is 12.6 Å². The molecule has 0 unspecified atom stereocenters. The summed E-state index contributed by atoms with van der Waals surface area (Å²) in [7, 11) is 0. The summed E-state index contributed by atoms with van der Waals surface area (Å²) >= 11 is 6.19. The van der Waals surface area contributed by atoms with Crippen molar-refractivity contribution in [1.29, 1.82) is 0 Å². The van der Waals surface area contributed by atoms with Gasteiger partial charge in [-0.25, -0.2) is 0 Å². The van der Waals surface area contributed by atoms with Gasteiger partial charge in [-0.05, 0) is 54.5 Å². The fourth-order valence-electron chi connectivity index (χ4n) is 2.65. The highest BCUT2D eigenvalue weighted by atomic mass is 35.5. The Morgan fingerprint density at radius 2 is 1.68 bits per heavy atom. The molecule has 4 nitrogen and oxygen atoms in total. The molecule has 8 heteroatoms. The second-order valence-electron chi connectivity index (χ2n) is 6.07. The Hall–Kier alpha value is -2.67. The number of ether oxygens (including phenoxy) is 2. The molecule has 148 valence electrons. The summed E-state index contributed by atoms with van der Waals surface area (Å²) in [4.78, 5) is 12.4. The number of rotatable bonds is 0. The van der Waals surface area contributed by atoms with Crippen molar-refractivity contribution in [3.05, 3.63) is 70.3 Å². The van der Waals surface area contributed by atoms with E-state index in [1.165, 1.54) is 0 Å². The smallest absolute Gasteiger partial charge is 0.416 e. The number of amides is 1. The Morgan fingerprint density at radius 1 is 0.964 bits per heavy atom. The van der Waals surface area contributed by atoms with Crippen molar-refractivity contribution < 1.29 is 27.4 Å². The zero-order valence-corrected chi connectivity index (χ0v) is 15.4. The molecule has 2 bridgehead atoms. The minimum absolute atomic E-state index is 0.0162. The number of nitrogens with one attached hydrogen (secondary N) is 1. The van der Waals surface area contributed by atoms with Gasteiger partial charge in [0, 0.05) is 6.54 Å². The molecule has 0 aliphatic carbocycles. The quantitative estimate of drug-likeness (QED) is 0.641. The predicted molar refractivity (Wildman–Crippen MR) is 99.1 cm³/mol. The molecule has 2 aliphatic heterocycles. The van der Waals surface area contributed by atoms with Crippen LogP contribution >= 0.6 is 11.6 Å². The van der Waals surface area contributed by atoms with E-state index in [4.69, 9.17) is 21.1 Å². The van der Waals surface area contributed by atoms with Crippen molar-refractivity contribution in [3.63, 3.8) is 0 Å². The van der Waals surface area contributed by atoms with Gasteiger partial charge in [0.1, 0.15) is 24.7 Å². The maximum Gasteiger partial charge on any atom is 0.416 e. The first-order valence-electron chi connectivity index (χ1n) is 8.53. The van der Waals surface area contributed by atoms with Crippen LogP contribution in [0.5, 0.6) is 11.5 Å². The number of hydrogen-bond acceptors (Lipinski definition) is 3. The molecule has 0 aromatic heterocycles. The van der Waals surface area contributed by atoms with Crippen LogP contribution in [-0.4, -0.2) is 25.7 Å².